The van der Waals surface area contributed by atoms with Crippen molar-refractivity contribution in [2.24, 2.45) is 0 Å². The highest BCUT2D eigenvalue weighted by molar-refractivity contribution is 14.1. The van der Waals surface area contributed by atoms with E-state index in [0.29, 0.717) is 0 Å². The van der Waals surface area contributed by atoms with Crippen molar-refractivity contribution in [3.05, 3.63) is 30.2 Å². The van der Waals surface area contributed by atoms with E-state index in [-0.39, 0.29) is 0 Å². The van der Waals surface area contributed by atoms with Crippen molar-refractivity contribution in [3.63, 3.8) is 0 Å². The molecule has 0 aliphatic rings. The van der Waals surface area contributed by atoms with E-state index in [4.69, 9.17) is 0 Å². The topological polar surface area (TPSA) is 0 Å². The van der Waals surface area contributed by atoms with Crippen LogP contribution in [0.5, 0.6) is 0 Å². The van der Waals surface area contributed by atoms with Gasteiger partial charge in [0.1, 0.15) is 0 Å². The lowest BCUT2D eigenvalue weighted by molar-refractivity contribution is 1.53. The maximum atomic E-state index is 2.38. The molecule has 0 fully saturated rings. The van der Waals surface area contributed by atoms with Crippen molar-refractivity contribution >= 4 is 66.6 Å². The average molecular weight is 400 g/mol. The van der Waals surface area contributed by atoms with Crippen LogP contribution in [0.4, 0.5) is 0 Å². The highest BCUT2D eigenvalue weighted by Crippen LogP contribution is 2.30. The summed E-state index contributed by atoms with van der Waals surface area (Å²) in [5.41, 5.74) is 1.39. The second-order valence-corrected chi connectivity index (χ2v) is 6.88. The molecular weight excluding hydrogens is 394 g/mol. The van der Waals surface area contributed by atoms with Crippen LogP contribution in [-0.2, 0) is 0 Å². The number of aryl methyl sites for hydroxylation is 1. The van der Waals surface area contributed by atoms with Crippen LogP contribution in [0.1, 0.15) is 5.56 Å². The highest BCUT2D eigenvalue weighted by Gasteiger charge is 2.02. The lowest BCUT2D eigenvalue weighted by Gasteiger charge is -1.95. The van der Waals surface area contributed by atoms with Gasteiger partial charge in [-0.25, -0.2) is 0 Å². The predicted octanol–water partition coefficient (Wildman–Crippen LogP) is 4.42. The maximum Gasteiger partial charge on any atom is 0.0666 e. The van der Waals surface area contributed by atoms with Gasteiger partial charge in [0.25, 0.3) is 0 Å². The van der Waals surface area contributed by atoms with Crippen molar-refractivity contribution in [2.75, 3.05) is 0 Å². The maximum absolute atomic E-state index is 2.38. The van der Waals surface area contributed by atoms with Gasteiger partial charge in [0.05, 0.1) is 2.88 Å². The van der Waals surface area contributed by atoms with Gasteiger partial charge in [0.15, 0.2) is 0 Å². The fourth-order valence-corrected chi connectivity index (χ4v) is 3.89. The molecule has 1 aromatic heterocycles. The Labute approximate surface area is 103 Å². The minimum atomic E-state index is 1.33. The normalized spacial score (nSPS) is 10.9. The van der Waals surface area contributed by atoms with E-state index in [2.05, 4.69) is 70.3 Å². The summed E-state index contributed by atoms with van der Waals surface area (Å²) < 4.78 is 4.12. The number of fused-ring (bicyclic) bond motifs is 1. The quantitative estimate of drug-likeness (QED) is 0.575. The lowest BCUT2D eigenvalue weighted by Crippen LogP contribution is -1.74. The minimum Gasteiger partial charge on any atom is -0.129 e. The van der Waals surface area contributed by atoms with Crippen molar-refractivity contribution in [1.82, 2.24) is 0 Å². The Kier molecular flexibility index (Phi) is 2.62. The average Bonchev–Trinajstić information content (AvgIpc) is 2.29. The number of halogens is 2. The smallest absolute Gasteiger partial charge is 0.0666 e. The largest absolute Gasteiger partial charge is 0.129 e. The Balaban J connectivity index is 2.88. The van der Waals surface area contributed by atoms with E-state index >= 15 is 0 Å². The number of hydrogen-bond acceptors (Lipinski definition) is 1. The summed E-state index contributed by atoms with van der Waals surface area (Å²) >= 11 is 6.61. The van der Waals surface area contributed by atoms with Crippen LogP contribution in [0.2, 0.25) is 0 Å². The molecule has 0 N–H and O–H groups in total. The first-order valence-corrected chi connectivity index (χ1v) is 6.49. The summed E-state index contributed by atoms with van der Waals surface area (Å²) in [5, 5.41) is 1.38. The summed E-state index contributed by atoms with van der Waals surface area (Å²) in [6.45, 7) is 2.18. The van der Waals surface area contributed by atoms with Crippen LogP contribution in [-0.4, -0.2) is 0 Å². The minimum absolute atomic E-state index is 1.33. The van der Waals surface area contributed by atoms with Gasteiger partial charge >= 0.3 is 0 Å². The first-order valence-electron chi connectivity index (χ1n) is 3.52. The van der Waals surface area contributed by atoms with E-state index < -0.39 is 0 Å². The Morgan fingerprint density at radius 3 is 2.67 bits per heavy atom. The molecular formula is C9H6I2S. The van der Waals surface area contributed by atoms with Gasteiger partial charge in [-0.1, -0.05) is 0 Å². The summed E-state index contributed by atoms with van der Waals surface area (Å²) in [6.07, 6.45) is 0. The molecule has 0 spiro atoms. The lowest BCUT2D eigenvalue weighted by atomic mass is 10.2. The Morgan fingerprint density at radius 2 is 1.92 bits per heavy atom. The van der Waals surface area contributed by atoms with E-state index in [1.54, 1.807) is 0 Å². The molecule has 0 aliphatic carbocycles. The van der Waals surface area contributed by atoms with E-state index in [1.165, 1.54) is 22.1 Å². The van der Waals surface area contributed by atoms with Crippen LogP contribution < -0.4 is 0 Å². The van der Waals surface area contributed by atoms with E-state index in [1.807, 2.05) is 11.3 Å². The number of hydrogen-bond donors (Lipinski definition) is 0. The zero-order valence-corrected chi connectivity index (χ0v) is 11.5. The van der Waals surface area contributed by atoms with Gasteiger partial charge in [-0.05, 0) is 81.3 Å². The SMILES string of the molecule is Cc1cc(I)cc2cc(I)sc12. The zero-order chi connectivity index (χ0) is 8.72. The van der Waals surface area contributed by atoms with Crippen molar-refractivity contribution in [3.8, 4) is 0 Å². The van der Waals surface area contributed by atoms with Gasteiger partial charge in [-0.2, -0.15) is 0 Å². The molecule has 0 atom stereocenters. The monoisotopic (exact) mass is 400 g/mol. The Hall–Kier alpha value is 0.640. The zero-order valence-electron chi connectivity index (χ0n) is 6.40. The van der Waals surface area contributed by atoms with Gasteiger partial charge < -0.3 is 0 Å². The number of benzene rings is 1. The van der Waals surface area contributed by atoms with Crippen LogP contribution in [0.15, 0.2) is 18.2 Å². The van der Waals surface area contributed by atoms with Crippen LogP contribution >= 0.6 is 56.5 Å². The molecule has 0 amide bonds. The summed E-state index contributed by atoms with van der Waals surface area (Å²) in [4.78, 5) is 0. The molecule has 1 heterocycles. The molecule has 62 valence electrons. The standard InChI is InChI=1S/C9H6I2S/c1-5-2-7(10)3-6-4-8(11)12-9(5)6/h2-4H,1H3. The van der Waals surface area contributed by atoms with Crippen molar-refractivity contribution in [2.45, 2.75) is 6.92 Å². The molecule has 0 saturated heterocycles. The third-order valence-corrected chi connectivity index (χ3v) is 4.41. The predicted molar refractivity (Wildman–Crippen MR) is 72.0 cm³/mol. The first kappa shape index (κ1) is 9.21. The molecule has 0 saturated carbocycles. The fraction of sp³-hybridized carbons (Fsp3) is 0.111. The number of rotatable bonds is 0. The molecule has 0 radical (unpaired) electrons. The summed E-state index contributed by atoms with van der Waals surface area (Å²) in [7, 11) is 0. The van der Waals surface area contributed by atoms with E-state index in [0.717, 1.165) is 0 Å². The molecule has 12 heavy (non-hydrogen) atoms. The molecule has 2 aromatic rings. The highest BCUT2D eigenvalue weighted by atomic mass is 127. The van der Waals surface area contributed by atoms with Crippen LogP contribution in [0, 0.1) is 13.4 Å². The molecule has 0 nitrogen and oxygen atoms in total. The van der Waals surface area contributed by atoms with Gasteiger partial charge in [-0.15, -0.1) is 11.3 Å². The second-order valence-electron chi connectivity index (χ2n) is 2.69. The van der Waals surface area contributed by atoms with E-state index in [9.17, 15) is 0 Å². The summed E-state index contributed by atoms with van der Waals surface area (Å²) in [5.74, 6) is 0. The molecule has 2 rings (SSSR count). The van der Waals surface area contributed by atoms with Crippen molar-refractivity contribution < 1.29 is 0 Å². The van der Waals surface area contributed by atoms with Crippen molar-refractivity contribution in [1.29, 1.82) is 0 Å². The van der Waals surface area contributed by atoms with Gasteiger partial charge in [0, 0.05) is 8.27 Å². The van der Waals surface area contributed by atoms with Gasteiger partial charge in [0.2, 0.25) is 0 Å². The summed E-state index contributed by atoms with van der Waals surface area (Å²) in [6, 6.07) is 6.72. The molecule has 1 aromatic carbocycles. The Bertz CT molecular complexity index is 431. The van der Waals surface area contributed by atoms with Gasteiger partial charge in [-0.3, -0.25) is 0 Å². The van der Waals surface area contributed by atoms with Crippen LogP contribution in [0.3, 0.4) is 0 Å². The molecule has 0 aliphatic heterocycles. The third kappa shape index (κ3) is 1.63. The third-order valence-electron chi connectivity index (χ3n) is 1.74. The fourth-order valence-electron chi connectivity index (χ4n) is 1.25. The number of thiophene rings is 1. The molecule has 0 unspecified atom stereocenters. The Morgan fingerprint density at radius 1 is 1.17 bits per heavy atom. The van der Waals surface area contributed by atoms with Crippen LogP contribution in [0.25, 0.3) is 10.1 Å². The molecule has 3 heteroatoms. The first-order chi connectivity index (χ1) is 5.66. The second kappa shape index (κ2) is 3.42. The molecule has 0 bridgehead atoms.